The summed E-state index contributed by atoms with van der Waals surface area (Å²) < 4.78 is 2.84. The van der Waals surface area contributed by atoms with Crippen molar-refractivity contribution in [2.75, 3.05) is 25.5 Å². The predicted octanol–water partition coefficient (Wildman–Crippen LogP) is 2.54. The molecular formula is C18H25BrN6O. The molecule has 140 valence electrons. The maximum Gasteiger partial charge on any atom is 0.226 e. The maximum absolute atomic E-state index is 12.1. The van der Waals surface area contributed by atoms with E-state index in [2.05, 4.69) is 42.0 Å². The maximum atomic E-state index is 12.1. The van der Waals surface area contributed by atoms with Crippen molar-refractivity contribution >= 4 is 33.5 Å². The monoisotopic (exact) mass is 420 g/mol. The number of hydrogen-bond acceptors (Lipinski definition) is 3. The number of hydrogen-bond donors (Lipinski definition) is 3. The van der Waals surface area contributed by atoms with Crippen LogP contribution in [0.3, 0.4) is 0 Å². The van der Waals surface area contributed by atoms with Crippen LogP contribution >= 0.6 is 15.9 Å². The van der Waals surface area contributed by atoms with Crippen LogP contribution in [0.15, 0.2) is 46.1 Å². The lowest BCUT2D eigenvalue weighted by Gasteiger charge is -2.12. The number of nitrogens with zero attached hydrogens (tertiary/aromatic N) is 3. The summed E-state index contributed by atoms with van der Waals surface area (Å²) in [5.74, 6) is 0.657. The number of aromatic nitrogens is 2. The molecule has 0 aliphatic rings. The van der Waals surface area contributed by atoms with Gasteiger partial charge in [-0.05, 0) is 37.1 Å². The first-order valence-electron chi connectivity index (χ1n) is 8.56. The molecule has 1 aromatic carbocycles. The summed E-state index contributed by atoms with van der Waals surface area (Å²) in [5, 5.41) is 13.5. The number of anilines is 1. The zero-order valence-corrected chi connectivity index (χ0v) is 16.7. The van der Waals surface area contributed by atoms with Crippen molar-refractivity contribution in [3.05, 3.63) is 46.7 Å². The number of aryl methyl sites for hydroxylation is 2. The summed E-state index contributed by atoms with van der Waals surface area (Å²) in [5.41, 5.74) is 1.86. The van der Waals surface area contributed by atoms with Crippen molar-refractivity contribution in [3.8, 4) is 0 Å². The molecule has 7 nitrogen and oxygen atoms in total. The van der Waals surface area contributed by atoms with Crippen LogP contribution in [0.1, 0.15) is 18.4 Å². The zero-order chi connectivity index (χ0) is 18.8. The Kier molecular flexibility index (Phi) is 8.14. The van der Waals surface area contributed by atoms with Crippen molar-refractivity contribution in [1.29, 1.82) is 0 Å². The summed E-state index contributed by atoms with van der Waals surface area (Å²) in [6, 6.07) is 7.73. The molecule has 3 N–H and O–H groups in total. The third-order valence-corrected chi connectivity index (χ3v) is 4.25. The largest absolute Gasteiger partial charge is 0.356 e. The summed E-state index contributed by atoms with van der Waals surface area (Å²) in [6.07, 6.45) is 5.01. The smallest absolute Gasteiger partial charge is 0.226 e. The molecule has 0 radical (unpaired) electrons. The minimum Gasteiger partial charge on any atom is -0.356 e. The van der Waals surface area contributed by atoms with E-state index in [1.165, 1.54) is 0 Å². The van der Waals surface area contributed by atoms with Crippen LogP contribution in [-0.4, -0.2) is 41.8 Å². The van der Waals surface area contributed by atoms with E-state index in [1.807, 2.05) is 42.1 Å². The number of halogens is 1. The van der Waals surface area contributed by atoms with E-state index < -0.39 is 0 Å². The van der Waals surface area contributed by atoms with E-state index in [0.717, 1.165) is 35.2 Å². The highest BCUT2D eigenvalue weighted by molar-refractivity contribution is 9.10. The van der Waals surface area contributed by atoms with Crippen LogP contribution < -0.4 is 16.0 Å². The zero-order valence-electron chi connectivity index (χ0n) is 15.1. The molecule has 0 fully saturated rings. The van der Waals surface area contributed by atoms with Gasteiger partial charge in [-0.3, -0.25) is 14.5 Å². The average molecular weight is 421 g/mol. The van der Waals surface area contributed by atoms with Crippen LogP contribution in [0, 0.1) is 6.92 Å². The van der Waals surface area contributed by atoms with Gasteiger partial charge >= 0.3 is 0 Å². The normalized spacial score (nSPS) is 11.3. The third-order valence-electron chi connectivity index (χ3n) is 3.76. The van der Waals surface area contributed by atoms with Crippen LogP contribution in [0.25, 0.3) is 0 Å². The highest BCUT2D eigenvalue weighted by atomic mass is 79.9. The number of carbonyl (C=O) groups is 1. The fraction of sp³-hybridized carbons (Fsp3) is 0.389. The van der Waals surface area contributed by atoms with E-state index in [4.69, 9.17) is 0 Å². The predicted molar refractivity (Wildman–Crippen MR) is 108 cm³/mol. The quantitative estimate of drug-likeness (QED) is 0.348. The fourth-order valence-corrected chi connectivity index (χ4v) is 2.70. The van der Waals surface area contributed by atoms with Gasteiger partial charge in [0.05, 0.1) is 0 Å². The molecule has 0 spiro atoms. The summed E-state index contributed by atoms with van der Waals surface area (Å²) >= 11 is 3.42. The Balaban J connectivity index is 1.64. The Morgan fingerprint density at radius 2 is 2.12 bits per heavy atom. The second-order valence-corrected chi connectivity index (χ2v) is 6.72. The van der Waals surface area contributed by atoms with Crippen LogP contribution in [0.4, 0.5) is 5.69 Å². The highest BCUT2D eigenvalue weighted by Crippen LogP contribution is 2.20. The van der Waals surface area contributed by atoms with E-state index in [0.29, 0.717) is 18.9 Å². The summed E-state index contributed by atoms with van der Waals surface area (Å²) in [6.45, 7) is 4.11. The number of nitrogens with one attached hydrogen (secondary N) is 3. The van der Waals surface area contributed by atoms with E-state index in [1.54, 1.807) is 13.2 Å². The van der Waals surface area contributed by atoms with Crippen molar-refractivity contribution in [2.24, 2.45) is 4.99 Å². The van der Waals surface area contributed by atoms with Gasteiger partial charge in [-0.15, -0.1) is 0 Å². The Morgan fingerprint density at radius 3 is 2.85 bits per heavy atom. The average Bonchev–Trinajstić information content (AvgIpc) is 3.13. The minimum absolute atomic E-state index is 0.0344. The number of carbonyl (C=O) groups excluding carboxylic acids is 1. The van der Waals surface area contributed by atoms with Gasteiger partial charge in [-0.25, -0.2) is 0 Å². The second kappa shape index (κ2) is 10.6. The molecule has 0 saturated carbocycles. The van der Waals surface area contributed by atoms with Gasteiger partial charge in [0.1, 0.15) is 0 Å². The van der Waals surface area contributed by atoms with Gasteiger partial charge in [0.25, 0.3) is 0 Å². The van der Waals surface area contributed by atoms with Gasteiger partial charge in [-0.1, -0.05) is 22.0 Å². The van der Waals surface area contributed by atoms with Gasteiger partial charge < -0.3 is 16.0 Å². The molecule has 2 rings (SSSR count). The molecule has 0 bridgehead atoms. The molecular weight excluding hydrogens is 396 g/mol. The van der Waals surface area contributed by atoms with Gasteiger partial charge in [0, 0.05) is 55.7 Å². The molecule has 1 amide bonds. The Labute approximate surface area is 162 Å². The van der Waals surface area contributed by atoms with Crippen molar-refractivity contribution in [3.63, 3.8) is 0 Å². The first-order valence-corrected chi connectivity index (χ1v) is 9.35. The lowest BCUT2D eigenvalue weighted by molar-refractivity contribution is -0.116. The molecule has 1 aromatic heterocycles. The lowest BCUT2D eigenvalue weighted by Crippen LogP contribution is -2.39. The molecule has 0 aliphatic carbocycles. The van der Waals surface area contributed by atoms with Gasteiger partial charge in [0.2, 0.25) is 5.91 Å². The SMILES string of the molecule is CN=C(NCCCn1cccn1)NCCC(=O)Nc1cc(Br)ccc1C. The van der Waals surface area contributed by atoms with Crippen molar-refractivity contribution in [1.82, 2.24) is 20.4 Å². The molecule has 1 heterocycles. The van der Waals surface area contributed by atoms with Crippen molar-refractivity contribution < 1.29 is 4.79 Å². The third kappa shape index (κ3) is 6.87. The first-order chi connectivity index (χ1) is 12.6. The number of aliphatic imine (C=N–C) groups is 1. The minimum atomic E-state index is -0.0344. The molecule has 2 aromatic rings. The molecule has 0 atom stereocenters. The fourth-order valence-electron chi connectivity index (χ4n) is 2.34. The highest BCUT2D eigenvalue weighted by Gasteiger charge is 2.06. The van der Waals surface area contributed by atoms with Gasteiger partial charge in [-0.2, -0.15) is 5.10 Å². The summed E-state index contributed by atoms with van der Waals surface area (Å²) in [4.78, 5) is 16.3. The van der Waals surface area contributed by atoms with Crippen LogP contribution in [0.5, 0.6) is 0 Å². The molecule has 8 heteroatoms. The second-order valence-electron chi connectivity index (χ2n) is 5.81. The Morgan fingerprint density at radius 1 is 1.31 bits per heavy atom. The molecule has 0 unspecified atom stereocenters. The topological polar surface area (TPSA) is 83.3 Å². The Hall–Kier alpha value is -2.35. The van der Waals surface area contributed by atoms with Crippen LogP contribution in [-0.2, 0) is 11.3 Å². The number of amides is 1. The summed E-state index contributed by atoms with van der Waals surface area (Å²) in [7, 11) is 1.72. The number of rotatable bonds is 8. The molecule has 0 saturated heterocycles. The van der Waals surface area contributed by atoms with E-state index in [9.17, 15) is 4.79 Å². The van der Waals surface area contributed by atoms with Crippen molar-refractivity contribution in [2.45, 2.75) is 26.3 Å². The molecule has 26 heavy (non-hydrogen) atoms. The molecule has 0 aliphatic heterocycles. The Bertz CT molecular complexity index is 729. The van der Waals surface area contributed by atoms with Gasteiger partial charge in [0.15, 0.2) is 5.96 Å². The van der Waals surface area contributed by atoms with E-state index >= 15 is 0 Å². The van der Waals surface area contributed by atoms with E-state index in [-0.39, 0.29) is 5.91 Å². The number of guanidine groups is 1. The standard InChI is InChI=1S/C18H25BrN6O/c1-14-5-6-15(19)13-16(14)24-17(26)7-10-22-18(20-2)21-8-3-11-25-12-4-9-23-25/h4-6,9,12-13H,3,7-8,10-11H2,1-2H3,(H,24,26)(H2,20,21,22). The first kappa shape index (κ1) is 20.0. The number of benzene rings is 1. The van der Waals surface area contributed by atoms with Crippen LogP contribution in [0.2, 0.25) is 0 Å². The lowest BCUT2D eigenvalue weighted by atomic mass is 10.2.